The number of likely N-dealkylation sites (tertiary alicyclic amines) is 1. The molecule has 0 N–H and O–H groups in total. The second-order valence-electron chi connectivity index (χ2n) is 7.94. The molecule has 0 radical (unpaired) electrons. The normalized spacial score (nSPS) is 17.2. The molecule has 0 atom stereocenters. The van der Waals surface area contributed by atoms with Crippen LogP contribution in [0.5, 0.6) is 0 Å². The standard InChI is InChI=1S/C21H29N5O/c1-16-6-10-18(11-7-16)26(15-20(27)25-12-4-3-5-13-25)14-19-22-23-21(24(19)2)17-8-9-17/h6-7,10-11,17H,3-5,8-9,12-15H2,1-2H3. The first kappa shape index (κ1) is 18.0. The number of aromatic nitrogens is 3. The molecule has 1 saturated carbocycles. The Hall–Kier alpha value is -2.37. The summed E-state index contributed by atoms with van der Waals surface area (Å²) in [7, 11) is 2.04. The van der Waals surface area contributed by atoms with Gasteiger partial charge in [0.25, 0.3) is 0 Å². The molecule has 1 aromatic heterocycles. The monoisotopic (exact) mass is 367 g/mol. The zero-order valence-corrected chi connectivity index (χ0v) is 16.4. The SMILES string of the molecule is Cc1ccc(N(CC(=O)N2CCCCC2)Cc2nnc(C3CC3)n2C)cc1. The minimum atomic E-state index is 0.208. The molecule has 1 saturated heterocycles. The van der Waals surface area contributed by atoms with Gasteiger partial charge in [0.15, 0.2) is 5.82 Å². The maximum absolute atomic E-state index is 12.9. The van der Waals surface area contributed by atoms with E-state index in [1.54, 1.807) is 0 Å². The van der Waals surface area contributed by atoms with Gasteiger partial charge in [0, 0.05) is 31.7 Å². The molecule has 2 fully saturated rings. The number of anilines is 1. The van der Waals surface area contributed by atoms with Crippen molar-refractivity contribution in [2.75, 3.05) is 24.5 Å². The Kier molecular flexibility index (Phi) is 5.14. The summed E-state index contributed by atoms with van der Waals surface area (Å²) in [6, 6.07) is 8.38. The molecule has 0 bridgehead atoms. The summed E-state index contributed by atoms with van der Waals surface area (Å²) in [5.74, 6) is 2.78. The highest BCUT2D eigenvalue weighted by Gasteiger charge is 2.30. The third-order valence-electron chi connectivity index (χ3n) is 5.71. The molecule has 6 nitrogen and oxygen atoms in total. The van der Waals surface area contributed by atoms with Crippen LogP contribution in [0.3, 0.4) is 0 Å². The number of hydrogen-bond acceptors (Lipinski definition) is 4. The van der Waals surface area contributed by atoms with Gasteiger partial charge in [0.1, 0.15) is 5.82 Å². The lowest BCUT2D eigenvalue weighted by atomic mass is 10.1. The van der Waals surface area contributed by atoms with Crippen molar-refractivity contribution in [1.29, 1.82) is 0 Å². The smallest absolute Gasteiger partial charge is 0.242 e. The predicted molar refractivity (Wildman–Crippen MR) is 106 cm³/mol. The first-order chi connectivity index (χ1) is 13.1. The average Bonchev–Trinajstić information content (AvgIpc) is 3.47. The quantitative estimate of drug-likeness (QED) is 0.788. The Labute approximate surface area is 161 Å². The number of carbonyl (C=O) groups excluding carboxylic acids is 1. The number of aryl methyl sites for hydroxylation is 1. The highest BCUT2D eigenvalue weighted by molar-refractivity contribution is 5.81. The van der Waals surface area contributed by atoms with Gasteiger partial charge < -0.3 is 14.4 Å². The van der Waals surface area contributed by atoms with Crippen molar-refractivity contribution in [3.05, 3.63) is 41.5 Å². The van der Waals surface area contributed by atoms with Crippen LogP contribution >= 0.6 is 0 Å². The molecule has 1 aromatic carbocycles. The summed E-state index contributed by atoms with van der Waals surface area (Å²) >= 11 is 0. The molecular formula is C21H29N5O. The third kappa shape index (κ3) is 4.15. The third-order valence-corrected chi connectivity index (χ3v) is 5.71. The molecule has 2 aliphatic rings. The van der Waals surface area contributed by atoms with Crippen molar-refractivity contribution in [3.8, 4) is 0 Å². The second-order valence-corrected chi connectivity index (χ2v) is 7.94. The van der Waals surface area contributed by atoms with Crippen LogP contribution in [0, 0.1) is 6.92 Å². The number of piperidine rings is 1. The highest BCUT2D eigenvalue weighted by Crippen LogP contribution is 2.38. The van der Waals surface area contributed by atoms with Crippen LogP contribution in [0.4, 0.5) is 5.69 Å². The lowest BCUT2D eigenvalue weighted by Gasteiger charge is -2.31. The average molecular weight is 367 g/mol. The van der Waals surface area contributed by atoms with Gasteiger partial charge in [-0.1, -0.05) is 17.7 Å². The van der Waals surface area contributed by atoms with Gasteiger partial charge in [-0.2, -0.15) is 0 Å². The van der Waals surface area contributed by atoms with E-state index in [1.807, 2.05) is 11.9 Å². The number of carbonyl (C=O) groups is 1. The molecule has 144 valence electrons. The van der Waals surface area contributed by atoms with Gasteiger partial charge in [-0.3, -0.25) is 4.79 Å². The summed E-state index contributed by atoms with van der Waals surface area (Å²) in [6.45, 7) is 4.83. The molecule has 4 rings (SSSR count). The summed E-state index contributed by atoms with van der Waals surface area (Å²) in [5.41, 5.74) is 2.28. The van der Waals surface area contributed by atoms with Crippen molar-refractivity contribution >= 4 is 11.6 Å². The van der Waals surface area contributed by atoms with Crippen LogP contribution < -0.4 is 4.90 Å². The minimum Gasteiger partial charge on any atom is -0.355 e. The topological polar surface area (TPSA) is 54.3 Å². The van der Waals surface area contributed by atoms with Crippen LogP contribution in [0.2, 0.25) is 0 Å². The number of hydrogen-bond donors (Lipinski definition) is 0. The van der Waals surface area contributed by atoms with Gasteiger partial charge in [-0.05, 0) is 51.2 Å². The maximum Gasteiger partial charge on any atom is 0.242 e. The molecule has 0 spiro atoms. The van der Waals surface area contributed by atoms with Crippen molar-refractivity contribution in [3.63, 3.8) is 0 Å². The van der Waals surface area contributed by atoms with E-state index in [-0.39, 0.29) is 5.91 Å². The molecule has 0 unspecified atom stereocenters. The molecule has 1 aliphatic heterocycles. The van der Waals surface area contributed by atoms with Crippen LogP contribution in [0.25, 0.3) is 0 Å². The predicted octanol–water partition coefficient (Wildman–Crippen LogP) is 3.02. The van der Waals surface area contributed by atoms with E-state index in [0.29, 0.717) is 19.0 Å². The first-order valence-electron chi connectivity index (χ1n) is 10.1. The summed E-state index contributed by atoms with van der Waals surface area (Å²) in [6.07, 6.45) is 5.88. The van der Waals surface area contributed by atoms with Gasteiger partial charge in [0.2, 0.25) is 5.91 Å². The maximum atomic E-state index is 12.9. The fraction of sp³-hybridized carbons (Fsp3) is 0.571. The lowest BCUT2D eigenvalue weighted by Crippen LogP contribution is -2.43. The number of benzene rings is 1. The summed E-state index contributed by atoms with van der Waals surface area (Å²) in [5, 5.41) is 8.82. The largest absolute Gasteiger partial charge is 0.355 e. The fourth-order valence-corrected chi connectivity index (χ4v) is 3.78. The van der Waals surface area contributed by atoms with Crippen molar-refractivity contribution in [2.24, 2.45) is 7.05 Å². The Morgan fingerprint density at radius 1 is 1.11 bits per heavy atom. The van der Waals surface area contributed by atoms with E-state index in [0.717, 1.165) is 43.3 Å². The van der Waals surface area contributed by atoms with Crippen LogP contribution in [-0.4, -0.2) is 45.2 Å². The van der Waals surface area contributed by atoms with E-state index in [1.165, 1.54) is 24.8 Å². The fourth-order valence-electron chi connectivity index (χ4n) is 3.78. The lowest BCUT2D eigenvalue weighted by molar-refractivity contribution is -0.130. The Morgan fingerprint density at radius 3 is 2.48 bits per heavy atom. The molecule has 2 heterocycles. The van der Waals surface area contributed by atoms with E-state index in [2.05, 4.69) is 50.9 Å². The van der Waals surface area contributed by atoms with Crippen molar-refractivity contribution < 1.29 is 4.79 Å². The van der Waals surface area contributed by atoms with Gasteiger partial charge in [-0.25, -0.2) is 0 Å². The van der Waals surface area contributed by atoms with E-state index >= 15 is 0 Å². The molecule has 2 aromatic rings. The molecular weight excluding hydrogens is 338 g/mol. The van der Waals surface area contributed by atoms with E-state index < -0.39 is 0 Å². The van der Waals surface area contributed by atoms with E-state index in [9.17, 15) is 4.79 Å². The minimum absolute atomic E-state index is 0.208. The molecule has 6 heteroatoms. The molecule has 1 amide bonds. The number of nitrogens with zero attached hydrogens (tertiary/aromatic N) is 5. The summed E-state index contributed by atoms with van der Waals surface area (Å²) in [4.78, 5) is 17.0. The van der Waals surface area contributed by atoms with Crippen LogP contribution in [0.1, 0.15) is 55.2 Å². The number of amides is 1. The van der Waals surface area contributed by atoms with Crippen LogP contribution in [-0.2, 0) is 18.4 Å². The van der Waals surface area contributed by atoms with Gasteiger partial charge in [-0.15, -0.1) is 10.2 Å². The van der Waals surface area contributed by atoms with Gasteiger partial charge in [0.05, 0.1) is 13.1 Å². The second kappa shape index (κ2) is 7.71. The Bertz CT molecular complexity index is 787. The van der Waals surface area contributed by atoms with Crippen LogP contribution in [0.15, 0.2) is 24.3 Å². The zero-order chi connectivity index (χ0) is 18.8. The van der Waals surface area contributed by atoms with Crippen molar-refractivity contribution in [2.45, 2.75) is 51.5 Å². The van der Waals surface area contributed by atoms with Gasteiger partial charge >= 0.3 is 0 Å². The highest BCUT2D eigenvalue weighted by atomic mass is 16.2. The first-order valence-corrected chi connectivity index (χ1v) is 10.1. The number of rotatable bonds is 6. The zero-order valence-electron chi connectivity index (χ0n) is 16.4. The summed E-state index contributed by atoms with van der Waals surface area (Å²) < 4.78 is 2.12. The molecule has 1 aliphatic carbocycles. The van der Waals surface area contributed by atoms with Crippen molar-refractivity contribution in [1.82, 2.24) is 19.7 Å². The Balaban J connectivity index is 1.53. The van der Waals surface area contributed by atoms with E-state index in [4.69, 9.17) is 0 Å². The molecule has 27 heavy (non-hydrogen) atoms. The Morgan fingerprint density at radius 2 is 1.81 bits per heavy atom.